The molecule has 0 spiro atoms. The lowest BCUT2D eigenvalue weighted by atomic mass is 9.92. The van der Waals surface area contributed by atoms with Crippen LogP contribution in [0.3, 0.4) is 0 Å². The largest absolute Gasteiger partial charge is 0.341 e. The molecular formula is C36H29N2+. The first-order valence-corrected chi connectivity index (χ1v) is 13.4. The number of rotatable bonds is 4. The second kappa shape index (κ2) is 9.00. The number of fused-ring (bicyclic) bond motifs is 4. The quantitative estimate of drug-likeness (QED) is 0.218. The third-order valence-corrected chi connectivity index (χ3v) is 7.82. The fraction of sp³-hybridized carbons (Fsp3) is 0.0833. The summed E-state index contributed by atoms with van der Waals surface area (Å²) in [4.78, 5) is 0. The Kier molecular flexibility index (Phi) is 5.33. The van der Waals surface area contributed by atoms with E-state index in [-0.39, 0.29) is 0 Å². The van der Waals surface area contributed by atoms with E-state index in [9.17, 15) is 0 Å². The molecule has 38 heavy (non-hydrogen) atoms. The maximum Gasteiger partial charge on any atom is 0.227 e. The molecule has 2 aromatic heterocycles. The molecule has 0 N–H and O–H groups in total. The maximum absolute atomic E-state index is 2.47. The Morgan fingerprint density at radius 2 is 1.13 bits per heavy atom. The molecule has 0 unspecified atom stereocenters. The van der Waals surface area contributed by atoms with Gasteiger partial charge in [0, 0.05) is 58.2 Å². The second-order valence-electron chi connectivity index (χ2n) is 9.88. The van der Waals surface area contributed by atoms with Crippen molar-refractivity contribution in [2.24, 2.45) is 0 Å². The van der Waals surface area contributed by atoms with Crippen LogP contribution in [0.15, 0.2) is 127 Å². The monoisotopic (exact) mass is 489 g/mol. The predicted octanol–water partition coefficient (Wildman–Crippen LogP) is 8.89. The number of aryl methyl sites for hydroxylation is 2. The number of benzene rings is 5. The van der Waals surface area contributed by atoms with Crippen molar-refractivity contribution in [3.63, 3.8) is 0 Å². The summed E-state index contributed by atoms with van der Waals surface area (Å²) in [5.74, 6) is 0. The fourth-order valence-electron chi connectivity index (χ4n) is 6.15. The van der Waals surface area contributed by atoms with Gasteiger partial charge in [-0.15, -0.1) is 0 Å². The second-order valence-corrected chi connectivity index (χ2v) is 9.88. The van der Waals surface area contributed by atoms with Crippen molar-refractivity contribution in [1.29, 1.82) is 0 Å². The van der Waals surface area contributed by atoms with Crippen molar-refractivity contribution in [3.05, 3.63) is 133 Å². The Morgan fingerprint density at radius 1 is 0.553 bits per heavy atom. The molecule has 0 atom stereocenters. The molecule has 2 nitrogen and oxygen atoms in total. The summed E-state index contributed by atoms with van der Waals surface area (Å²) in [6.07, 6.45) is 0. The highest BCUT2D eigenvalue weighted by atomic mass is 15.0. The lowest BCUT2D eigenvalue weighted by Crippen LogP contribution is -2.38. The molecule has 0 amide bonds. The highest BCUT2D eigenvalue weighted by molar-refractivity contribution is 6.08. The van der Waals surface area contributed by atoms with Gasteiger partial charge in [-0.1, -0.05) is 84.9 Å². The number of aromatic nitrogens is 2. The van der Waals surface area contributed by atoms with Gasteiger partial charge in [0.2, 0.25) is 11.4 Å². The molecule has 7 aromatic rings. The molecule has 7 rings (SSSR count). The van der Waals surface area contributed by atoms with Crippen LogP contribution in [-0.4, -0.2) is 4.57 Å². The van der Waals surface area contributed by atoms with Gasteiger partial charge in [0.15, 0.2) is 5.69 Å². The van der Waals surface area contributed by atoms with E-state index in [0.717, 1.165) is 6.54 Å². The summed E-state index contributed by atoms with van der Waals surface area (Å²) in [6, 6.07) is 46.2. The zero-order valence-electron chi connectivity index (χ0n) is 21.7. The SMILES string of the molecule is CCn1c2ccccc2c2ccc(-[n+]3c(-c4ccccc4)c(-c4ccccc4)c4ccccc4c3C)cc21. The summed E-state index contributed by atoms with van der Waals surface area (Å²) in [5.41, 5.74) is 9.87. The van der Waals surface area contributed by atoms with Gasteiger partial charge in [-0.3, -0.25) is 0 Å². The molecule has 0 bridgehead atoms. The van der Waals surface area contributed by atoms with Crippen LogP contribution in [-0.2, 0) is 6.54 Å². The molecule has 0 fully saturated rings. The molecule has 5 aromatic carbocycles. The summed E-state index contributed by atoms with van der Waals surface area (Å²) in [6.45, 7) is 5.41. The number of nitrogens with zero attached hydrogens (tertiary/aromatic N) is 2. The zero-order chi connectivity index (χ0) is 25.6. The van der Waals surface area contributed by atoms with Crippen LogP contribution >= 0.6 is 0 Å². The van der Waals surface area contributed by atoms with E-state index in [1.54, 1.807) is 0 Å². The summed E-state index contributed by atoms with van der Waals surface area (Å²) in [7, 11) is 0. The minimum Gasteiger partial charge on any atom is -0.341 e. The normalized spacial score (nSPS) is 11.5. The van der Waals surface area contributed by atoms with Crippen LogP contribution in [0.1, 0.15) is 12.6 Å². The van der Waals surface area contributed by atoms with Crippen molar-refractivity contribution < 1.29 is 4.57 Å². The number of hydrogen-bond acceptors (Lipinski definition) is 0. The van der Waals surface area contributed by atoms with Gasteiger partial charge in [-0.25, -0.2) is 0 Å². The van der Waals surface area contributed by atoms with Crippen molar-refractivity contribution >= 4 is 32.6 Å². The van der Waals surface area contributed by atoms with Gasteiger partial charge in [-0.2, -0.15) is 4.57 Å². The molecule has 0 saturated heterocycles. The van der Waals surface area contributed by atoms with E-state index in [0.29, 0.717) is 0 Å². The van der Waals surface area contributed by atoms with E-state index in [4.69, 9.17) is 0 Å². The molecule has 2 heterocycles. The van der Waals surface area contributed by atoms with Gasteiger partial charge < -0.3 is 4.57 Å². The number of para-hydroxylation sites is 1. The topological polar surface area (TPSA) is 8.81 Å². The summed E-state index contributed by atoms with van der Waals surface area (Å²) >= 11 is 0. The Bertz CT molecular complexity index is 1950. The molecule has 0 radical (unpaired) electrons. The average molecular weight is 490 g/mol. The van der Waals surface area contributed by atoms with Crippen LogP contribution in [0.5, 0.6) is 0 Å². The van der Waals surface area contributed by atoms with Crippen LogP contribution < -0.4 is 4.57 Å². The van der Waals surface area contributed by atoms with Crippen molar-refractivity contribution in [1.82, 2.24) is 4.57 Å². The summed E-state index contributed by atoms with van der Waals surface area (Å²) < 4.78 is 4.91. The van der Waals surface area contributed by atoms with Crippen LogP contribution in [0, 0.1) is 6.92 Å². The van der Waals surface area contributed by atoms with E-state index in [2.05, 4.69) is 150 Å². The third-order valence-electron chi connectivity index (χ3n) is 7.82. The first kappa shape index (κ1) is 22.5. The van der Waals surface area contributed by atoms with Crippen LogP contribution in [0.25, 0.3) is 60.6 Å². The predicted molar refractivity (Wildman–Crippen MR) is 160 cm³/mol. The van der Waals surface area contributed by atoms with E-state index >= 15 is 0 Å². The van der Waals surface area contributed by atoms with Gasteiger partial charge in [0.1, 0.15) is 0 Å². The lowest BCUT2D eigenvalue weighted by molar-refractivity contribution is -0.588. The molecule has 0 aliphatic carbocycles. The molecule has 0 aliphatic rings. The highest BCUT2D eigenvalue weighted by Gasteiger charge is 2.29. The first-order chi connectivity index (χ1) is 18.8. The van der Waals surface area contributed by atoms with Crippen molar-refractivity contribution in [3.8, 4) is 28.1 Å². The smallest absolute Gasteiger partial charge is 0.227 e. The van der Waals surface area contributed by atoms with Crippen LogP contribution in [0.4, 0.5) is 0 Å². The minimum absolute atomic E-state index is 0.926. The third kappa shape index (κ3) is 3.38. The van der Waals surface area contributed by atoms with E-state index < -0.39 is 0 Å². The highest BCUT2D eigenvalue weighted by Crippen LogP contribution is 2.38. The Balaban J connectivity index is 1.65. The van der Waals surface area contributed by atoms with Crippen LogP contribution in [0.2, 0.25) is 0 Å². The number of pyridine rings is 1. The van der Waals surface area contributed by atoms with E-state index in [1.165, 1.54) is 66.3 Å². The molecule has 2 heteroatoms. The number of hydrogen-bond donors (Lipinski definition) is 0. The molecule has 0 aliphatic heterocycles. The van der Waals surface area contributed by atoms with Crippen molar-refractivity contribution in [2.75, 3.05) is 0 Å². The Labute approximate surface area is 223 Å². The van der Waals surface area contributed by atoms with Crippen molar-refractivity contribution in [2.45, 2.75) is 20.4 Å². The fourth-order valence-corrected chi connectivity index (χ4v) is 6.15. The van der Waals surface area contributed by atoms with Gasteiger partial charge in [0.05, 0.1) is 11.1 Å². The zero-order valence-corrected chi connectivity index (χ0v) is 21.7. The molecule has 0 saturated carbocycles. The standard InChI is InChI=1S/C36H29N2/c1-3-37-33-21-13-12-19-30(33)31-23-22-28(24-34(31)37)38-25(2)29-18-10-11-20-32(29)35(26-14-6-4-7-15-26)36(38)27-16-8-5-9-17-27/h4-24H,3H2,1-2H3/q+1. The maximum atomic E-state index is 2.47. The first-order valence-electron chi connectivity index (χ1n) is 13.4. The Morgan fingerprint density at radius 3 is 1.84 bits per heavy atom. The average Bonchev–Trinajstić information content (AvgIpc) is 3.31. The summed E-state index contributed by atoms with van der Waals surface area (Å²) in [5, 5.41) is 5.15. The van der Waals surface area contributed by atoms with Gasteiger partial charge in [-0.05, 0) is 42.8 Å². The van der Waals surface area contributed by atoms with Gasteiger partial charge in [0.25, 0.3) is 0 Å². The lowest BCUT2D eigenvalue weighted by Gasteiger charge is -2.16. The molecule has 182 valence electrons. The van der Waals surface area contributed by atoms with Gasteiger partial charge >= 0.3 is 0 Å². The molecular weight excluding hydrogens is 460 g/mol. The van der Waals surface area contributed by atoms with E-state index in [1.807, 2.05) is 0 Å². The minimum atomic E-state index is 0.926. The Hall–Kier alpha value is -4.69.